The summed E-state index contributed by atoms with van der Waals surface area (Å²) in [5, 5.41) is 2.82. The SMILES string of the molecule is CC1(C)Cc2cccc(CNc3c(F)cccc3F)c2O1. The number of para-hydroxylation sites is 2. The average molecular weight is 289 g/mol. The third-order valence-corrected chi connectivity index (χ3v) is 3.59. The molecule has 21 heavy (non-hydrogen) atoms. The fourth-order valence-electron chi connectivity index (χ4n) is 2.67. The van der Waals surface area contributed by atoms with Crippen LogP contribution < -0.4 is 10.1 Å². The molecule has 2 nitrogen and oxygen atoms in total. The van der Waals surface area contributed by atoms with E-state index in [0.29, 0.717) is 6.54 Å². The van der Waals surface area contributed by atoms with Crippen LogP contribution in [0.25, 0.3) is 0 Å². The van der Waals surface area contributed by atoms with Crippen molar-refractivity contribution < 1.29 is 13.5 Å². The number of nitrogens with one attached hydrogen (secondary N) is 1. The van der Waals surface area contributed by atoms with Crippen LogP contribution >= 0.6 is 0 Å². The average Bonchev–Trinajstić information content (AvgIpc) is 2.73. The number of anilines is 1. The zero-order chi connectivity index (χ0) is 15.0. The maximum absolute atomic E-state index is 13.6. The van der Waals surface area contributed by atoms with Crippen molar-refractivity contribution in [3.63, 3.8) is 0 Å². The van der Waals surface area contributed by atoms with E-state index in [9.17, 15) is 8.78 Å². The Morgan fingerprint density at radius 2 is 1.76 bits per heavy atom. The third kappa shape index (κ3) is 2.71. The predicted octanol–water partition coefficient (Wildman–Crippen LogP) is 4.29. The van der Waals surface area contributed by atoms with Gasteiger partial charge in [-0.15, -0.1) is 0 Å². The summed E-state index contributed by atoms with van der Waals surface area (Å²) in [4.78, 5) is 0. The Morgan fingerprint density at radius 3 is 2.48 bits per heavy atom. The highest BCUT2D eigenvalue weighted by Gasteiger charge is 2.31. The lowest BCUT2D eigenvalue weighted by Gasteiger charge is -2.18. The zero-order valence-electron chi connectivity index (χ0n) is 12.0. The topological polar surface area (TPSA) is 21.3 Å². The van der Waals surface area contributed by atoms with Gasteiger partial charge in [0.2, 0.25) is 0 Å². The van der Waals surface area contributed by atoms with Crippen LogP contribution in [-0.4, -0.2) is 5.60 Å². The van der Waals surface area contributed by atoms with Gasteiger partial charge >= 0.3 is 0 Å². The van der Waals surface area contributed by atoms with Crippen molar-refractivity contribution in [2.75, 3.05) is 5.32 Å². The predicted molar refractivity (Wildman–Crippen MR) is 78.5 cm³/mol. The van der Waals surface area contributed by atoms with Gasteiger partial charge in [0.05, 0.1) is 0 Å². The lowest BCUT2D eigenvalue weighted by atomic mass is 10.0. The molecule has 0 unspecified atom stereocenters. The van der Waals surface area contributed by atoms with Crippen molar-refractivity contribution >= 4 is 5.69 Å². The molecule has 0 amide bonds. The van der Waals surface area contributed by atoms with Crippen LogP contribution in [0.2, 0.25) is 0 Å². The molecule has 0 atom stereocenters. The van der Waals surface area contributed by atoms with E-state index in [-0.39, 0.29) is 11.3 Å². The number of rotatable bonds is 3. The molecule has 0 saturated carbocycles. The first-order valence-electron chi connectivity index (χ1n) is 6.94. The van der Waals surface area contributed by atoms with Crippen LogP contribution in [-0.2, 0) is 13.0 Å². The first-order chi connectivity index (χ1) is 9.96. The molecule has 1 N–H and O–H groups in total. The van der Waals surface area contributed by atoms with E-state index < -0.39 is 11.6 Å². The Morgan fingerprint density at radius 1 is 1.10 bits per heavy atom. The molecule has 0 saturated heterocycles. The molecular weight excluding hydrogens is 272 g/mol. The van der Waals surface area contributed by atoms with Crippen LogP contribution in [0.3, 0.4) is 0 Å². The largest absolute Gasteiger partial charge is 0.487 e. The Hall–Kier alpha value is -2.10. The summed E-state index contributed by atoms with van der Waals surface area (Å²) in [5.74, 6) is -0.362. The minimum absolute atomic E-state index is 0.104. The summed E-state index contributed by atoms with van der Waals surface area (Å²) < 4.78 is 33.2. The van der Waals surface area contributed by atoms with Gasteiger partial charge in [0.15, 0.2) is 0 Å². The van der Waals surface area contributed by atoms with Crippen LogP contribution in [0.15, 0.2) is 36.4 Å². The van der Waals surface area contributed by atoms with Crippen LogP contribution in [0.4, 0.5) is 14.5 Å². The lowest BCUT2D eigenvalue weighted by Crippen LogP contribution is -2.25. The van der Waals surface area contributed by atoms with Gasteiger partial charge in [0.1, 0.15) is 28.7 Å². The van der Waals surface area contributed by atoms with E-state index >= 15 is 0 Å². The second-order valence-electron chi connectivity index (χ2n) is 5.89. The normalized spacial score (nSPS) is 15.4. The highest BCUT2D eigenvalue weighted by molar-refractivity contribution is 5.50. The minimum Gasteiger partial charge on any atom is -0.487 e. The highest BCUT2D eigenvalue weighted by Crippen LogP contribution is 2.37. The molecule has 4 heteroatoms. The number of hydrogen-bond donors (Lipinski definition) is 1. The number of halogens is 2. The molecule has 2 aromatic rings. The molecule has 2 aromatic carbocycles. The summed E-state index contributed by atoms with van der Waals surface area (Å²) in [5.41, 5.74) is 1.70. The Kier molecular flexibility index (Phi) is 3.32. The summed E-state index contributed by atoms with van der Waals surface area (Å²) in [6.45, 7) is 4.37. The standard InChI is InChI=1S/C17H17F2NO/c1-17(2)9-11-5-3-6-12(16(11)21-17)10-20-15-13(18)7-4-8-14(15)19/h3-8,20H,9-10H2,1-2H3. The van der Waals surface area contributed by atoms with Gasteiger partial charge in [0, 0.05) is 18.5 Å². The van der Waals surface area contributed by atoms with E-state index in [0.717, 1.165) is 23.3 Å². The van der Waals surface area contributed by atoms with Crippen LogP contribution in [0.5, 0.6) is 5.75 Å². The Balaban J connectivity index is 1.83. The molecule has 1 aliphatic rings. The summed E-state index contributed by atoms with van der Waals surface area (Å²) in [6, 6.07) is 9.70. The van der Waals surface area contributed by atoms with Crippen molar-refractivity contribution in [2.24, 2.45) is 0 Å². The van der Waals surface area contributed by atoms with E-state index in [1.807, 2.05) is 32.0 Å². The first-order valence-corrected chi connectivity index (χ1v) is 6.94. The van der Waals surface area contributed by atoms with E-state index in [2.05, 4.69) is 5.32 Å². The number of hydrogen-bond acceptors (Lipinski definition) is 2. The van der Waals surface area contributed by atoms with E-state index in [4.69, 9.17) is 4.74 Å². The first kappa shape index (κ1) is 13.9. The highest BCUT2D eigenvalue weighted by atomic mass is 19.1. The summed E-state index contributed by atoms with van der Waals surface area (Å²) in [7, 11) is 0. The van der Waals surface area contributed by atoms with Gasteiger partial charge in [-0.3, -0.25) is 0 Å². The molecule has 0 aliphatic carbocycles. The summed E-state index contributed by atoms with van der Waals surface area (Å²) in [6.07, 6.45) is 0.838. The molecule has 0 bridgehead atoms. The molecule has 1 heterocycles. The summed E-state index contributed by atoms with van der Waals surface area (Å²) >= 11 is 0. The van der Waals surface area contributed by atoms with Gasteiger partial charge in [-0.2, -0.15) is 0 Å². The van der Waals surface area contributed by atoms with E-state index in [1.54, 1.807) is 0 Å². The van der Waals surface area contributed by atoms with Crippen LogP contribution in [0, 0.1) is 11.6 Å². The Labute approximate surface area is 122 Å². The molecule has 110 valence electrons. The maximum atomic E-state index is 13.6. The van der Waals surface area contributed by atoms with Gasteiger partial charge in [-0.05, 0) is 31.5 Å². The van der Waals surface area contributed by atoms with Crippen LogP contribution in [0.1, 0.15) is 25.0 Å². The van der Waals surface area contributed by atoms with Gasteiger partial charge in [-0.25, -0.2) is 8.78 Å². The lowest BCUT2D eigenvalue weighted by molar-refractivity contribution is 0.137. The maximum Gasteiger partial charge on any atom is 0.149 e. The fraction of sp³-hybridized carbons (Fsp3) is 0.294. The molecular formula is C17H17F2NO. The van der Waals surface area contributed by atoms with Crippen molar-refractivity contribution in [1.82, 2.24) is 0 Å². The van der Waals surface area contributed by atoms with Gasteiger partial charge < -0.3 is 10.1 Å². The molecule has 3 rings (SSSR count). The monoisotopic (exact) mass is 289 g/mol. The quantitative estimate of drug-likeness (QED) is 0.910. The second-order valence-corrected chi connectivity index (χ2v) is 5.89. The smallest absolute Gasteiger partial charge is 0.149 e. The van der Waals surface area contributed by atoms with Crippen molar-refractivity contribution in [3.8, 4) is 5.75 Å². The van der Waals surface area contributed by atoms with Crippen molar-refractivity contribution in [2.45, 2.75) is 32.4 Å². The molecule has 1 aliphatic heterocycles. The number of fused-ring (bicyclic) bond motifs is 1. The minimum atomic E-state index is -0.594. The van der Waals surface area contributed by atoms with E-state index in [1.165, 1.54) is 18.2 Å². The van der Waals surface area contributed by atoms with Gasteiger partial charge in [0.25, 0.3) is 0 Å². The Bertz CT molecular complexity index is 662. The van der Waals surface area contributed by atoms with Crippen molar-refractivity contribution in [1.29, 1.82) is 0 Å². The third-order valence-electron chi connectivity index (χ3n) is 3.59. The van der Waals surface area contributed by atoms with Gasteiger partial charge in [-0.1, -0.05) is 24.3 Å². The van der Waals surface area contributed by atoms with Crippen molar-refractivity contribution in [3.05, 3.63) is 59.2 Å². The molecule has 0 aromatic heterocycles. The second kappa shape index (κ2) is 5.02. The number of benzene rings is 2. The molecule has 0 fully saturated rings. The fourth-order valence-corrected chi connectivity index (χ4v) is 2.67. The molecule has 0 spiro atoms. The molecule has 0 radical (unpaired) electrons. The zero-order valence-corrected chi connectivity index (χ0v) is 12.0. The number of ether oxygens (including phenoxy) is 1.